The van der Waals surface area contributed by atoms with E-state index in [4.69, 9.17) is 4.74 Å². The second-order valence-corrected chi connectivity index (χ2v) is 5.98. The summed E-state index contributed by atoms with van der Waals surface area (Å²) in [5.41, 5.74) is -0.581. The summed E-state index contributed by atoms with van der Waals surface area (Å²) in [6.45, 7) is 1.59. The molecule has 23 heavy (non-hydrogen) atoms. The van der Waals surface area contributed by atoms with Crippen LogP contribution in [-0.4, -0.2) is 34.5 Å². The fraction of sp³-hybridized carbons (Fsp3) is 0.438. The number of carbonyl (C=O) groups excluding carboxylic acids is 2. The molecule has 3 N–H and O–H groups in total. The molecule has 0 aromatic heterocycles. The van der Waals surface area contributed by atoms with Gasteiger partial charge in [0.05, 0.1) is 11.3 Å². The normalized spacial score (nSPS) is 21.8. The fourth-order valence-electron chi connectivity index (χ4n) is 3.06. The molecule has 122 valence electrons. The van der Waals surface area contributed by atoms with E-state index in [1.807, 2.05) is 0 Å². The summed E-state index contributed by atoms with van der Waals surface area (Å²) in [6.07, 6.45) is 1.65. The minimum absolute atomic E-state index is 0.224. The van der Waals surface area contributed by atoms with E-state index in [0.29, 0.717) is 18.5 Å². The van der Waals surface area contributed by atoms with Crippen molar-refractivity contribution in [3.63, 3.8) is 0 Å². The van der Waals surface area contributed by atoms with Crippen LogP contribution >= 0.6 is 0 Å². The zero-order chi connectivity index (χ0) is 16.6. The topological polar surface area (TPSA) is 105 Å². The molecule has 0 saturated heterocycles. The van der Waals surface area contributed by atoms with Gasteiger partial charge in [-0.05, 0) is 31.9 Å². The van der Waals surface area contributed by atoms with E-state index in [1.54, 1.807) is 25.1 Å². The molecular weight excluding hydrogens is 300 g/mol. The Hall–Kier alpha value is -2.57. The van der Waals surface area contributed by atoms with Crippen molar-refractivity contribution in [2.75, 3.05) is 5.32 Å². The van der Waals surface area contributed by atoms with E-state index in [-0.39, 0.29) is 17.2 Å². The number of amides is 2. The maximum atomic E-state index is 12.6. The van der Waals surface area contributed by atoms with E-state index < -0.39 is 23.5 Å². The number of nitrogens with one attached hydrogen (secondary N) is 2. The van der Waals surface area contributed by atoms with Crippen LogP contribution in [0.2, 0.25) is 0 Å². The molecule has 0 bridgehead atoms. The lowest BCUT2D eigenvalue weighted by Gasteiger charge is -2.28. The Bertz CT molecular complexity index is 679. The Morgan fingerprint density at radius 2 is 2.04 bits per heavy atom. The Morgan fingerprint density at radius 3 is 2.70 bits per heavy atom. The van der Waals surface area contributed by atoms with Gasteiger partial charge in [0.1, 0.15) is 5.54 Å². The number of anilines is 1. The first-order valence-corrected chi connectivity index (χ1v) is 7.59. The van der Waals surface area contributed by atoms with Gasteiger partial charge in [-0.25, -0.2) is 4.79 Å². The van der Waals surface area contributed by atoms with Gasteiger partial charge in [-0.3, -0.25) is 9.59 Å². The number of hydrogen-bond acceptors (Lipinski definition) is 4. The van der Waals surface area contributed by atoms with Gasteiger partial charge < -0.3 is 20.5 Å². The molecule has 7 nitrogen and oxygen atoms in total. The van der Waals surface area contributed by atoms with Crippen LogP contribution in [0.4, 0.5) is 5.69 Å². The Kier molecular flexibility index (Phi) is 3.71. The van der Waals surface area contributed by atoms with E-state index in [2.05, 4.69) is 10.6 Å². The molecule has 2 amide bonds. The number of hydrogen-bond donors (Lipinski definition) is 3. The number of aliphatic carboxylic acids is 1. The van der Waals surface area contributed by atoms with Gasteiger partial charge in [-0.15, -0.1) is 0 Å². The standard InChI is InChI=1S/C16H18N2O5/c1-9-13(19)17-11-6-4-5-10(12(11)23-9)14(20)18-16(15(21)22)7-2-3-8-16/h4-6,9H,2-3,7-8H2,1H3,(H,17,19)(H,18,20)(H,21,22). The predicted octanol–water partition coefficient (Wildman–Crippen LogP) is 1.53. The summed E-state index contributed by atoms with van der Waals surface area (Å²) in [5.74, 6) is -1.53. The molecule has 1 aromatic carbocycles. The van der Waals surface area contributed by atoms with Crippen molar-refractivity contribution in [1.29, 1.82) is 0 Å². The number of fused-ring (bicyclic) bond motifs is 1. The third-order valence-electron chi connectivity index (χ3n) is 4.40. The molecule has 0 radical (unpaired) electrons. The quantitative estimate of drug-likeness (QED) is 0.784. The van der Waals surface area contributed by atoms with Crippen molar-refractivity contribution >= 4 is 23.5 Å². The lowest BCUT2D eigenvalue weighted by molar-refractivity contribution is -0.144. The summed E-state index contributed by atoms with van der Waals surface area (Å²) >= 11 is 0. The monoisotopic (exact) mass is 318 g/mol. The summed E-state index contributed by atoms with van der Waals surface area (Å²) in [4.78, 5) is 35.8. The highest BCUT2D eigenvalue weighted by Crippen LogP contribution is 2.35. The van der Waals surface area contributed by atoms with Gasteiger partial charge in [-0.2, -0.15) is 0 Å². The molecule has 1 fully saturated rings. The van der Waals surface area contributed by atoms with Crippen molar-refractivity contribution in [3.8, 4) is 5.75 Å². The largest absolute Gasteiger partial charge is 0.480 e. The highest BCUT2D eigenvalue weighted by Gasteiger charge is 2.43. The number of carboxylic acids is 1. The zero-order valence-corrected chi connectivity index (χ0v) is 12.7. The molecule has 1 unspecified atom stereocenters. The van der Waals surface area contributed by atoms with Gasteiger partial charge in [0, 0.05) is 0 Å². The molecule has 1 aliphatic carbocycles. The zero-order valence-electron chi connectivity index (χ0n) is 12.7. The first kappa shape index (κ1) is 15.3. The van der Waals surface area contributed by atoms with E-state index in [1.165, 1.54) is 0 Å². The van der Waals surface area contributed by atoms with Crippen LogP contribution in [0, 0.1) is 0 Å². The van der Waals surface area contributed by atoms with Crippen molar-refractivity contribution in [2.24, 2.45) is 0 Å². The van der Waals surface area contributed by atoms with Crippen molar-refractivity contribution < 1.29 is 24.2 Å². The number of benzene rings is 1. The molecule has 2 aliphatic rings. The number of ether oxygens (including phenoxy) is 1. The third-order valence-corrected chi connectivity index (χ3v) is 4.40. The van der Waals surface area contributed by atoms with Crippen LogP contribution in [0.25, 0.3) is 0 Å². The highest BCUT2D eigenvalue weighted by atomic mass is 16.5. The second kappa shape index (κ2) is 5.57. The minimum Gasteiger partial charge on any atom is -0.480 e. The summed E-state index contributed by atoms with van der Waals surface area (Å²) in [7, 11) is 0. The first-order valence-electron chi connectivity index (χ1n) is 7.59. The van der Waals surface area contributed by atoms with Crippen LogP contribution in [-0.2, 0) is 9.59 Å². The summed E-state index contributed by atoms with van der Waals surface area (Å²) in [5, 5.41) is 14.8. The molecule has 3 rings (SSSR count). The lowest BCUT2D eigenvalue weighted by Crippen LogP contribution is -2.52. The van der Waals surface area contributed by atoms with Crippen molar-refractivity contribution in [1.82, 2.24) is 5.32 Å². The fourth-order valence-corrected chi connectivity index (χ4v) is 3.06. The van der Waals surface area contributed by atoms with Gasteiger partial charge >= 0.3 is 5.97 Å². The molecule has 1 atom stereocenters. The minimum atomic E-state index is -1.22. The molecule has 1 saturated carbocycles. The SMILES string of the molecule is CC1Oc2c(cccc2C(=O)NC2(C(=O)O)CCCC2)NC1=O. The van der Waals surface area contributed by atoms with Crippen molar-refractivity contribution in [2.45, 2.75) is 44.2 Å². The van der Waals surface area contributed by atoms with Gasteiger partial charge in [0.2, 0.25) is 0 Å². The molecule has 1 aromatic rings. The smallest absolute Gasteiger partial charge is 0.329 e. The Balaban J connectivity index is 1.90. The number of carboxylic acid groups (broad SMARTS) is 1. The predicted molar refractivity (Wildman–Crippen MR) is 81.5 cm³/mol. The van der Waals surface area contributed by atoms with Gasteiger partial charge in [0.15, 0.2) is 11.9 Å². The van der Waals surface area contributed by atoms with Crippen LogP contribution in [0.1, 0.15) is 43.0 Å². The molecule has 1 heterocycles. The third kappa shape index (κ3) is 2.62. The van der Waals surface area contributed by atoms with Crippen LogP contribution in [0.3, 0.4) is 0 Å². The maximum absolute atomic E-state index is 12.6. The van der Waals surface area contributed by atoms with E-state index in [0.717, 1.165) is 12.8 Å². The molecule has 1 aliphatic heterocycles. The van der Waals surface area contributed by atoms with Gasteiger partial charge in [-0.1, -0.05) is 18.9 Å². The molecule has 7 heteroatoms. The molecular formula is C16H18N2O5. The highest BCUT2D eigenvalue weighted by molar-refractivity contribution is 6.05. The number of carbonyl (C=O) groups is 3. The van der Waals surface area contributed by atoms with Gasteiger partial charge in [0.25, 0.3) is 11.8 Å². The van der Waals surface area contributed by atoms with Crippen LogP contribution in [0.5, 0.6) is 5.75 Å². The van der Waals surface area contributed by atoms with E-state index >= 15 is 0 Å². The van der Waals surface area contributed by atoms with E-state index in [9.17, 15) is 19.5 Å². The van der Waals surface area contributed by atoms with Crippen molar-refractivity contribution in [3.05, 3.63) is 23.8 Å². The van der Waals surface area contributed by atoms with Crippen LogP contribution < -0.4 is 15.4 Å². The Labute approximate surface area is 133 Å². The molecule has 0 spiro atoms. The number of rotatable bonds is 3. The number of para-hydroxylation sites is 1. The summed E-state index contributed by atoms with van der Waals surface area (Å²) in [6, 6.07) is 4.82. The average molecular weight is 318 g/mol. The summed E-state index contributed by atoms with van der Waals surface area (Å²) < 4.78 is 5.53. The maximum Gasteiger partial charge on any atom is 0.329 e. The van der Waals surface area contributed by atoms with Crippen LogP contribution in [0.15, 0.2) is 18.2 Å². The first-order chi connectivity index (χ1) is 10.9. The lowest BCUT2D eigenvalue weighted by atomic mass is 9.97. The second-order valence-electron chi connectivity index (χ2n) is 5.98. The Morgan fingerprint density at radius 1 is 1.35 bits per heavy atom. The average Bonchev–Trinajstić information content (AvgIpc) is 2.97.